The van der Waals surface area contributed by atoms with Gasteiger partial charge in [-0.1, -0.05) is 26.0 Å². The average molecular weight is 346 g/mol. The molecule has 0 aliphatic carbocycles. The van der Waals surface area contributed by atoms with E-state index in [-0.39, 0.29) is 24.3 Å². The third kappa shape index (κ3) is 4.20. The zero-order valence-electron chi connectivity index (χ0n) is 14.3. The van der Waals surface area contributed by atoms with Crippen molar-refractivity contribution in [1.29, 1.82) is 0 Å². The van der Waals surface area contributed by atoms with Crippen molar-refractivity contribution in [1.82, 2.24) is 4.90 Å². The fourth-order valence-electron chi connectivity index (χ4n) is 2.38. The maximum Gasteiger partial charge on any atom is 0.257 e. The van der Waals surface area contributed by atoms with E-state index < -0.39 is 0 Å². The first-order valence-corrected chi connectivity index (χ1v) is 8.92. The minimum absolute atomic E-state index is 0.0235. The molecule has 2 rings (SSSR count). The molecule has 5 nitrogen and oxygen atoms in total. The first kappa shape index (κ1) is 18.1. The van der Waals surface area contributed by atoms with Gasteiger partial charge in [-0.15, -0.1) is 11.8 Å². The SMILES string of the molecule is CSc1ccccc1NC(=O)CN(C)C(=O)c1ccoc1C(C)C. The zero-order chi connectivity index (χ0) is 17.7. The molecule has 0 spiro atoms. The van der Waals surface area contributed by atoms with Crippen LogP contribution in [0.5, 0.6) is 0 Å². The zero-order valence-corrected chi connectivity index (χ0v) is 15.1. The van der Waals surface area contributed by atoms with Gasteiger partial charge in [0.1, 0.15) is 5.76 Å². The molecule has 0 radical (unpaired) electrons. The van der Waals surface area contributed by atoms with Crippen LogP contribution in [0.4, 0.5) is 5.69 Å². The molecule has 128 valence electrons. The van der Waals surface area contributed by atoms with Crippen LogP contribution < -0.4 is 5.32 Å². The standard InChI is InChI=1S/C18H22N2O3S/c1-12(2)17-13(9-10-23-17)18(22)20(3)11-16(21)19-14-7-5-6-8-15(14)24-4/h5-10,12H,11H2,1-4H3,(H,19,21). The van der Waals surface area contributed by atoms with Crippen LogP contribution in [0.3, 0.4) is 0 Å². The van der Waals surface area contributed by atoms with E-state index in [1.54, 1.807) is 24.9 Å². The molecule has 0 fully saturated rings. The van der Waals surface area contributed by atoms with E-state index in [9.17, 15) is 9.59 Å². The minimum Gasteiger partial charge on any atom is -0.468 e. The third-order valence-corrected chi connectivity index (χ3v) is 4.35. The molecule has 0 aliphatic heterocycles. The predicted octanol–water partition coefficient (Wildman–Crippen LogP) is 3.84. The van der Waals surface area contributed by atoms with Gasteiger partial charge in [0.05, 0.1) is 24.1 Å². The van der Waals surface area contributed by atoms with Gasteiger partial charge in [0, 0.05) is 17.9 Å². The van der Waals surface area contributed by atoms with Gasteiger partial charge in [0.2, 0.25) is 5.91 Å². The van der Waals surface area contributed by atoms with E-state index in [2.05, 4.69) is 5.32 Å². The van der Waals surface area contributed by atoms with E-state index in [1.807, 2.05) is 44.4 Å². The van der Waals surface area contributed by atoms with Gasteiger partial charge in [-0.25, -0.2) is 0 Å². The highest BCUT2D eigenvalue weighted by Crippen LogP contribution is 2.25. The number of carbonyl (C=O) groups is 2. The maximum absolute atomic E-state index is 12.5. The van der Waals surface area contributed by atoms with Crippen molar-refractivity contribution >= 4 is 29.3 Å². The van der Waals surface area contributed by atoms with Crippen LogP contribution >= 0.6 is 11.8 Å². The molecule has 0 bridgehead atoms. The highest BCUT2D eigenvalue weighted by atomic mass is 32.2. The van der Waals surface area contributed by atoms with Gasteiger partial charge in [-0.3, -0.25) is 9.59 Å². The molecule has 0 unspecified atom stereocenters. The van der Waals surface area contributed by atoms with Gasteiger partial charge < -0.3 is 14.6 Å². The fourth-order valence-corrected chi connectivity index (χ4v) is 2.93. The van der Waals surface area contributed by atoms with Gasteiger partial charge in [0.15, 0.2) is 0 Å². The summed E-state index contributed by atoms with van der Waals surface area (Å²) in [5.74, 6) is 0.289. The molecule has 2 amide bonds. The Morgan fingerprint density at radius 3 is 2.62 bits per heavy atom. The number of thioether (sulfide) groups is 1. The van der Waals surface area contributed by atoms with E-state index in [4.69, 9.17) is 4.42 Å². The van der Waals surface area contributed by atoms with Crippen molar-refractivity contribution in [3.8, 4) is 0 Å². The van der Waals surface area contributed by atoms with Gasteiger partial charge in [-0.05, 0) is 24.5 Å². The summed E-state index contributed by atoms with van der Waals surface area (Å²) in [6.07, 6.45) is 3.46. The van der Waals surface area contributed by atoms with Crippen LogP contribution in [0, 0.1) is 0 Å². The van der Waals surface area contributed by atoms with Crippen molar-refractivity contribution in [3.05, 3.63) is 47.9 Å². The van der Waals surface area contributed by atoms with E-state index in [0.717, 1.165) is 10.6 Å². The number of hydrogen-bond acceptors (Lipinski definition) is 4. The van der Waals surface area contributed by atoms with E-state index in [0.29, 0.717) is 11.3 Å². The van der Waals surface area contributed by atoms with Crippen molar-refractivity contribution in [2.45, 2.75) is 24.7 Å². The predicted molar refractivity (Wildman–Crippen MR) is 96.6 cm³/mol. The van der Waals surface area contributed by atoms with Crippen LogP contribution in [0.1, 0.15) is 35.9 Å². The van der Waals surface area contributed by atoms with Crippen LogP contribution in [0.25, 0.3) is 0 Å². The number of nitrogens with zero attached hydrogens (tertiary/aromatic N) is 1. The Morgan fingerprint density at radius 2 is 1.96 bits per heavy atom. The molecule has 2 aromatic rings. The Hall–Kier alpha value is -2.21. The van der Waals surface area contributed by atoms with Crippen LogP contribution in [0.15, 0.2) is 45.9 Å². The lowest BCUT2D eigenvalue weighted by atomic mass is 10.1. The summed E-state index contributed by atoms with van der Waals surface area (Å²) >= 11 is 1.56. The first-order chi connectivity index (χ1) is 11.4. The summed E-state index contributed by atoms with van der Waals surface area (Å²) in [5.41, 5.74) is 1.26. The second kappa shape index (κ2) is 8.06. The lowest BCUT2D eigenvalue weighted by Crippen LogP contribution is -2.35. The number of furan rings is 1. The Labute approximate surface area is 146 Å². The lowest BCUT2D eigenvalue weighted by molar-refractivity contribution is -0.116. The minimum atomic E-state index is -0.234. The molecule has 0 aliphatic rings. The normalized spacial score (nSPS) is 10.7. The molecule has 1 aromatic carbocycles. The number of para-hydroxylation sites is 1. The number of benzene rings is 1. The summed E-state index contributed by atoms with van der Waals surface area (Å²) in [4.78, 5) is 27.1. The Morgan fingerprint density at radius 1 is 1.25 bits per heavy atom. The van der Waals surface area contributed by atoms with Gasteiger partial charge >= 0.3 is 0 Å². The van der Waals surface area contributed by atoms with Crippen LogP contribution in [0.2, 0.25) is 0 Å². The molecule has 1 heterocycles. The largest absolute Gasteiger partial charge is 0.468 e. The number of carbonyl (C=O) groups excluding carboxylic acids is 2. The van der Waals surface area contributed by atoms with Crippen molar-refractivity contribution in [2.75, 3.05) is 25.2 Å². The van der Waals surface area contributed by atoms with E-state index >= 15 is 0 Å². The van der Waals surface area contributed by atoms with Crippen molar-refractivity contribution in [3.63, 3.8) is 0 Å². The molecule has 1 aromatic heterocycles. The number of nitrogens with one attached hydrogen (secondary N) is 1. The monoisotopic (exact) mass is 346 g/mol. The van der Waals surface area contributed by atoms with Crippen molar-refractivity contribution in [2.24, 2.45) is 0 Å². The Kier molecular flexibility index (Phi) is 6.09. The quantitative estimate of drug-likeness (QED) is 0.807. The molecule has 0 atom stereocenters. The summed E-state index contributed by atoms with van der Waals surface area (Å²) in [6.45, 7) is 3.90. The second-order valence-electron chi connectivity index (χ2n) is 5.76. The molecule has 6 heteroatoms. The smallest absolute Gasteiger partial charge is 0.257 e. The number of anilines is 1. The summed E-state index contributed by atoms with van der Waals surface area (Å²) < 4.78 is 5.38. The van der Waals surface area contributed by atoms with Gasteiger partial charge in [0.25, 0.3) is 5.91 Å². The second-order valence-corrected chi connectivity index (χ2v) is 6.61. The molecule has 0 saturated carbocycles. The topological polar surface area (TPSA) is 62.6 Å². The highest BCUT2D eigenvalue weighted by molar-refractivity contribution is 7.98. The first-order valence-electron chi connectivity index (χ1n) is 7.69. The molecular weight excluding hydrogens is 324 g/mol. The Bertz CT molecular complexity index is 725. The molecule has 24 heavy (non-hydrogen) atoms. The number of hydrogen-bond donors (Lipinski definition) is 1. The summed E-state index contributed by atoms with van der Waals surface area (Å²) in [5, 5.41) is 2.85. The van der Waals surface area contributed by atoms with Crippen molar-refractivity contribution < 1.29 is 14.0 Å². The van der Waals surface area contributed by atoms with Gasteiger partial charge in [-0.2, -0.15) is 0 Å². The third-order valence-electron chi connectivity index (χ3n) is 3.56. The molecule has 0 saturated heterocycles. The van der Waals surface area contributed by atoms with Crippen LogP contribution in [-0.2, 0) is 4.79 Å². The molecule has 1 N–H and O–H groups in total. The highest BCUT2D eigenvalue weighted by Gasteiger charge is 2.22. The van der Waals surface area contributed by atoms with Crippen LogP contribution in [-0.4, -0.2) is 36.6 Å². The summed E-state index contributed by atoms with van der Waals surface area (Å²) in [7, 11) is 1.61. The number of amides is 2. The molecular formula is C18H22N2O3S. The summed E-state index contributed by atoms with van der Waals surface area (Å²) in [6, 6.07) is 9.22. The van der Waals surface area contributed by atoms with E-state index in [1.165, 1.54) is 11.2 Å². The average Bonchev–Trinajstić information content (AvgIpc) is 3.04. The fraction of sp³-hybridized carbons (Fsp3) is 0.333. The number of likely N-dealkylation sites (N-methyl/N-ethyl adjacent to an activating group) is 1. The Balaban J connectivity index is 2.03. The number of rotatable bonds is 6. The lowest BCUT2D eigenvalue weighted by Gasteiger charge is -2.18. The maximum atomic E-state index is 12.5.